The van der Waals surface area contributed by atoms with Crippen LogP contribution in [0.2, 0.25) is 0 Å². The van der Waals surface area contributed by atoms with E-state index in [2.05, 4.69) is 0 Å². The molecule has 2 rings (SSSR count). The number of aliphatic carboxylic acids is 1. The first-order valence-electron chi connectivity index (χ1n) is 5.28. The molecule has 1 aliphatic heterocycles. The van der Waals surface area contributed by atoms with Crippen LogP contribution in [0.25, 0.3) is 0 Å². The number of nitrogens with two attached hydrogens (primary N) is 1. The molecule has 2 aliphatic rings. The summed E-state index contributed by atoms with van der Waals surface area (Å²) in [6.45, 7) is 1.76. The molecule has 1 amide bonds. The van der Waals surface area contributed by atoms with Crippen molar-refractivity contribution in [2.45, 2.75) is 31.7 Å². The van der Waals surface area contributed by atoms with Gasteiger partial charge < -0.3 is 10.8 Å². The highest BCUT2D eigenvalue weighted by molar-refractivity contribution is 5.77. The third-order valence-corrected chi connectivity index (χ3v) is 3.42. The van der Waals surface area contributed by atoms with Crippen LogP contribution in [0.5, 0.6) is 0 Å². The van der Waals surface area contributed by atoms with Crippen molar-refractivity contribution in [1.29, 1.82) is 0 Å². The van der Waals surface area contributed by atoms with Gasteiger partial charge >= 0.3 is 5.97 Å². The molecular formula is C10H16N2O3. The van der Waals surface area contributed by atoms with Crippen molar-refractivity contribution in [3.8, 4) is 0 Å². The summed E-state index contributed by atoms with van der Waals surface area (Å²) >= 11 is 0. The second-order valence-electron chi connectivity index (χ2n) is 4.76. The van der Waals surface area contributed by atoms with E-state index in [9.17, 15) is 9.59 Å². The Morgan fingerprint density at radius 2 is 2.00 bits per heavy atom. The van der Waals surface area contributed by atoms with Crippen LogP contribution in [-0.4, -0.2) is 41.0 Å². The van der Waals surface area contributed by atoms with Crippen LogP contribution >= 0.6 is 0 Å². The first kappa shape index (κ1) is 10.4. The molecular weight excluding hydrogens is 196 g/mol. The number of amides is 1. The zero-order chi connectivity index (χ0) is 11.1. The Hall–Kier alpha value is -1.10. The lowest BCUT2D eigenvalue weighted by Gasteiger charge is -2.43. The van der Waals surface area contributed by atoms with Crippen molar-refractivity contribution in [3.05, 3.63) is 0 Å². The summed E-state index contributed by atoms with van der Waals surface area (Å²) in [6.07, 6.45) is 2.94. The van der Waals surface area contributed by atoms with Gasteiger partial charge in [-0.15, -0.1) is 0 Å². The maximum atomic E-state index is 11.0. The normalized spacial score (nSPS) is 24.5. The van der Waals surface area contributed by atoms with Crippen LogP contribution in [0.4, 0.5) is 0 Å². The Labute approximate surface area is 88.2 Å². The topological polar surface area (TPSA) is 83.6 Å². The van der Waals surface area contributed by atoms with Crippen molar-refractivity contribution < 1.29 is 14.7 Å². The van der Waals surface area contributed by atoms with Crippen LogP contribution in [0.15, 0.2) is 0 Å². The number of carbonyl (C=O) groups excluding carboxylic acids is 1. The summed E-state index contributed by atoms with van der Waals surface area (Å²) in [5, 5.41) is 9.02. The number of carboxylic acids is 1. The standard InChI is InChI=1S/C10H16N2O3/c11-8(13)2-1-7(9(14)15)12-5-10(6-12)3-4-10/h7H,1-6H2,(H2,11,13)(H,14,15). The number of hydrogen-bond donors (Lipinski definition) is 2. The summed E-state index contributed by atoms with van der Waals surface area (Å²) in [4.78, 5) is 23.5. The molecule has 1 heterocycles. The Morgan fingerprint density at radius 1 is 1.40 bits per heavy atom. The zero-order valence-electron chi connectivity index (χ0n) is 8.61. The van der Waals surface area contributed by atoms with Gasteiger partial charge in [0.05, 0.1) is 0 Å². The van der Waals surface area contributed by atoms with Crippen LogP contribution < -0.4 is 5.73 Å². The van der Waals surface area contributed by atoms with Crippen LogP contribution in [-0.2, 0) is 9.59 Å². The van der Waals surface area contributed by atoms with Gasteiger partial charge in [-0.25, -0.2) is 0 Å². The predicted octanol–water partition coefficient (Wildman–Crippen LogP) is -0.199. The van der Waals surface area contributed by atoms with Gasteiger partial charge in [0, 0.05) is 19.5 Å². The number of likely N-dealkylation sites (tertiary alicyclic amines) is 1. The first-order chi connectivity index (χ1) is 7.02. The minimum Gasteiger partial charge on any atom is -0.480 e. The summed E-state index contributed by atoms with van der Waals surface area (Å²) in [5.74, 6) is -1.27. The number of nitrogens with zero attached hydrogens (tertiary/aromatic N) is 1. The van der Waals surface area contributed by atoms with E-state index in [-0.39, 0.29) is 6.42 Å². The van der Waals surface area contributed by atoms with Crippen LogP contribution in [0.3, 0.4) is 0 Å². The highest BCUT2D eigenvalue weighted by Crippen LogP contribution is 2.53. The molecule has 0 aromatic rings. The average Bonchev–Trinajstić information content (AvgIpc) is 2.81. The van der Waals surface area contributed by atoms with Crippen molar-refractivity contribution in [1.82, 2.24) is 4.90 Å². The first-order valence-corrected chi connectivity index (χ1v) is 5.28. The number of primary amides is 1. The van der Waals surface area contributed by atoms with Gasteiger partial charge in [-0.3, -0.25) is 14.5 Å². The van der Waals surface area contributed by atoms with E-state index in [1.807, 2.05) is 4.90 Å². The summed E-state index contributed by atoms with van der Waals surface area (Å²) < 4.78 is 0. The zero-order valence-corrected chi connectivity index (χ0v) is 8.61. The van der Waals surface area contributed by atoms with E-state index in [0.29, 0.717) is 11.8 Å². The largest absolute Gasteiger partial charge is 0.480 e. The Bertz CT molecular complexity index is 291. The molecule has 1 aliphatic carbocycles. The van der Waals surface area contributed by atoms with E-state index >= 15 is 0 Å². The minimum atomic E-state index is -0.841. The quantitative estimate of drug-likeness (QED) is 0.661. The fourth-order valence-corrected chi connectivity index (χ4v) is 2.27. The molecule has 0 bridgehead atoms. The molecule has 1 spiro atoms. The Kier molecular flexibility index (Phi) is 2.42. The SMILES string of the molecule is NC(=O)CCC(C(=O)O)N1CC2(CC2)C1. The van der Waals surface area contributed by atoms with E-state index in [4.69, 9.17) is 10.8 Å². The molecule has 2 fully saturated rings. The molecule has 0 aromatic carbocycles. The van der Waals surface area contributed by atoms with E-state index in [1.165, 1.54) is 12.8 Å². The summed E-state index contributed by atoms with van der Waals surface area (Å²) in [5.41, 5.74) is 5.46. The number of carbonyl (C=O) groups is 2. The Morgan fingerprint density at radius 3 is 2.40 bits per heavy atom. The fourth-order valence-electron chi connectivity index (χ4n) is 2.27. The molecule has 0 aromatic heterocycles. The highest BCUT2D eigenvalue weighted by atomic mass is 16.4. The molecule has 1 unspecified atom stereocenters. The molecule has 1 saturated carbocycles. The molecule has 1 atom stereocenters. The van der Waals surface area contributed by atoms with E-state index in [0.717, 1.165) is 13.1 Å². The summed E-state index contributed by atoms with van der Waals surface area (Å²) in [7, 11) is 0. The fraction of sp³-hybridized carbons (Fsp3) is 0.800. The lowest BCUT2D eigenvalue weighted by Crippen LogP contribution is -2.56. The van der Waals surface area contributed by atoms with Crippen molar-refractivity contribution in [3.63, 3.8) is 0 Å². The van der Waals surface area contributed by atoms with Crippen molar-refractivity contribution in [2.75, 3.05) is 13.1 Å². The average molecular weight is 212 g/mol. The molecule has 3 N–H and O–H groups in total. The second-order valence-corrected chi connectivity index (χ2v) is 4.76. The van der Waals surface area contributed by atoms with Gasteiger partial charge in [-0.1, -0.05) is 0 Å². The van der Waals surface area contributed by atoms with Gasteiger partial charge in [0.2, 0.25) is 5.91 Å². The van der Waals surface area contributed by atoms with Gasteiger partial charge in [0.1, 0.15) is 6.04 Å². The molecule has 0 radical (unpaired) electrons. The van der Waals surface area contributed by atoms with Gasteiger partial charge in [0.15, 0.2) is 0 Å². The second kappa shape index (κ2) is 3.48. The molecule has 15 heavy (non-hydrogen) atoms. The van der Waals surface area contributed by atoms with Crippen LogP contribution in [0, 0.1) is 5.41 Å². The van der Waals surface area contributed by atoms with Crippen molar-refractivity contribution >= 4 is 11.9 Å². The molecule has 84 valence electrons. The van der Waals surface area contributed by atoms with E-state index in [1.54, 1.807) is 0 Å². The lowest BCUT2D eigenvalue weighted by atomic mass is 9.93. The molecule has 5 heteroatoms. The number of rotatable bonds is 5. The minimum absolute atomic E-state index is 0.153. The highest BCUT2D eigenvalue weighted by Gasteiger charge is 2.54. The Balaban J connectivity index is 1.83. The molecule has 5 nitrogen and oxygen atoms in total. The van der Waals surface area contributed by atoms with Crippen molar-refractivity contribution in [2.24, 2.45) is 11.1 Å². The van der Waals surface area contributed by atoms with Crippen LogP contribution in [0.1, 0.15) is 25.7 Å². The predicted molar refractivity (Wildman–Crippen MR) is 53.1 cm³/mol. The smallest absolute Gasteiger partial charge is 0.320 e. The number of hydrogen-bond acceptors (Lipinski definition) is 3. The van der Waals surface area contributed by atoms with Gasteiger partial charge in [0.25, 0.3) is 0 Å². The number of carboxylic acid groups (broad SMARTS) is 1. The maximum Gasteiger partial charge on any atom is 0.320 e. The summed E-state index contributed by atoms with van der Waals surface area (Å²) in [6, 6.07) is -0.524. The third-order valence-electron chi connectivity index (χ3n) is 3.42. The van der Waals surface area contributed by atoms with Gasteiger partial charge in [-0.05, 0) is 24.7 Å². The monoisotopic (exact) mass is 212 g/mol. The third kappa shape index (κ3) is 2.12. The van der Waals surface area contributed by atoms with E-state index < -0.39 is 17.9 Å². The maximum absolute atomic E-state index is 11.0. The lowest BCUT2D eigenvalue weighted by molar-refractivity contribution is -0.147. The van der Waals surface area contributed by atoms with Gasteiger partial charge in [-0.2, -0.15) is 0 Å². The molecule has 1 saturated heterocycles.